The minimum Gasteiger partial charge on any atom is -0.472 e. The van der Waals surface area contributed by atoms with Crippen LogP contribution < -0.4 is 0 Å². The lowest BCUT2D eigenvalue weighted by molar-refractivity contribution is -0.137. The summed E-state index contributed by atoms with van der Waals surface area (Å²) >= 11 is 0. The highest BCUT2D eigenvalue weighted by Crippen LogP contribution is 2.45. The van der Waals surface area contributed by atoms with Crippen LogP contribution in [0.5, 0.6) is 0 Å². The minimum atomic E-state index is -0.216. The lowest BCUT2D eigenvalue weighted by Crippen LogP contribution is -2.39. The minimum absolute atomic E-state index is 0.216. The first-order chi connectivity index (χ1) is 11.7. The summed E-state index contributed by atoms with van der Waals surface area (Å²) in [5.74, 6) is 0.698. The quantitative estimate of drug-likeness (QED) is 0.867. The van der Waals surface area contributed by atoms with Crippen molar-refractivity contribution in [1.82, 2.24) is 14.8 Å². The van der Waals surface area contributed by atoms with Gasteiger partial charge in [-0.1, -0.05) is 13.0 Å². The molecule has 126 valence electrons. The van der Waals surface area contributed by atoms with Crippen LogP contribution in [0, 0.1) is 11.3 Å². The van der Waals surface area contributed by atoms with E-state index >= 15 is 0 Å². The zero-order valence-electron chi connectivity index (χ0n) is 14.0. The zero-order valence-corrected chi connectivity index (χ0v) is 14.0. The van der Waals surface area contributed by atoms with Crippen LogP contribution >= 0.6 is 0 Å². The van der Waals surface area contributed by atoms with Gasteiger partial charge in [0.15, 0.2) is 0 Å². The highest BCUT2D eigenvalue weighted by molar-refractivity contribution is 5.86. The normalized spacial score (nSPS) is 27.5. The molecule has 0 aromatic carbocycles. The van der Waals surface area contributed by atoms with Crippen LogP contribution in [0.4, 0.5) is 0 Å². The van der Waals surface area contributed by atoms with Crippen molar-refractivity contribution >= 4 is 5.91 Å². The molecular weight excluding hydrogens is 302 g/mol. The fourth-order valence-electron chi connectivity index (χ4n) is 4.27. The number of amides is 1. The summed E-state index contributed by atoms with van der Waals surface area (Å²) in [6.45, 7) is 6.42. The molecule has 0 aliphatic carbocycles. The average molecular weight is 325 g/mol. The number of pyridine rings is 1. The number of furan rings is 1. The van der Waals surface area contributed by atoms with E-state index in [0.717, 1.165) is 38.2 Å². The molecule has 1 spiro atoms. The van der Waals surface area contributed by atoms with Crippen LogP contribution in [-0.4, -0.2) is 40.3 Å². The first kappa shape index (κ1) is 15.4. The monoisotopic (exact) mass is 325 g/mol. The highest BCUT2D eigenvalue weighted by Gasteiger charge is 2.54. The molecule has 0 bridgehead atoms. The third kappa shape index (κ3) is 2.63. The first-order valence-electron chi connectivity index (χ1n) is 8.59. The van der Waals surface area contributed by atoms with E-state index in [0.29, 0.717) is 18.4 Å². The molecule has 0 unspecified atom stereocenters. The van der Waals surface area contributed by atoms with Gasteiger partial charge in [-0.05, 0) is 30.0 Å². The number of aromatic nitrogens is 1. The summed E-state index contributed by atoms with van der Waals surface area (Å²) in [6.07, 6.45) is 8.07. The van der Waals surface area contributed by atoms with Crippen molar-refractivity contribution in [2.75, 3.05) is 19.6 Å². The fraction of sp³-hybridized carbons (Fsp3) is 0.474. The molecule has 2 aromatic rings. The molecule has 1 amide bonds. The molecule has 0 saturated carbocycles. The maximum absolute atomic E-state index is 13.2. The molecule has 2 aliphatic rings. The van der Waals surface area contributed by atoms with Crippen LogP contribution in [0.3, 0.4) is 0 Å². The molecule has 2 atom stereocenters. The van der Waals surface area contributed by atoms with Crippen LogP contribution in [0.2, 0.25) is 0 Å². The summed E-state index contributed by atoms with van der Waals surface area (Å²) < 4.78 is 5.17. The highest BCUT2D eigenvalue weighted by atomic mass is 16.3. The van der Waals surface area contributed by atoms with Crippen molar-refractivity contribution in [3.05, 3.63) is 54.2 Å². The Morgan fingerprint density at radius 3 is 3.00 bits per heavy atom. The van der Waals surface area contributed by atoms with Gasteiger partial charge in [-0.3, -0.25) is 14.7 Å². The van der Waals surface area contributed by atoms with E-state index in [4.69, 9.17) is 4.42 Å². The van der Waals surface area contributed by atoms with E-state index in [2.05, 4.69) is 16.8 Å². The van der Waals surface area contributed by atoms with E-state index < -0.39 is 0 Å². The molecule has 5 heteroatoms. The van der Waals surface area contributed by atoms with Crippen molar-refractivity contribution < 1.29 is 9.21 Å². The summed E-state index contributed by atoms with van der Waals surface area (Å²) in [6, 6.07) is 5.96. The third-order valence-corrected chi connectivity index (χ3v) is 5.60. The largest absolute Gasteiger partial charge is 0.472 e. The number of hydrogen-bond donors (Lipinski definition) is 0. The molecule has 2 aromatic heterocycles. The van der Waals surface area contributed by atoms with Crippen molar-refractivity contribution in [2.24, 2.45) is 11.3 Å². The van der Waals surface area contributed by atoms with E-state index in [1.54, 1.807) is 18.7 Å². The maximum atomic E-state index is 13.2. The van der Waals surface area contributed by atoms with Crippen LogP contribution in [-0.2, 0) is 17.9 Å². The first-order valence-corrected chi connectivity index (χ1v) is 8.59. The second-order valence-electron chi connectivity index (χ2n) is 7.20. The second-order valence-corrected chi connectivity index (χ2v) is 7.20. The van der Waals surface area contributed by atoms with Crippen molar-refractivity contribution in [3.8, 4) is 0 Å². The van der Waals surface area contributed by atoms with Crippen LogP contribution in [0.15, 0.2) is 47.5 Å². The molecule has 0 N–H and O–H groups in total. The van der Waals surface area contributed by atoms with E-state index in [9.17, 15) is 4.79 Å². The number of rotatable bonds is 4. The van der Waals surface area contributed by atoms with E-state index in [1.165, 1.54) is 5.56 Å². The number of hydrogen-bond acceptors (Lipinski definition) is 4. The summed E-state index contributed by atoms with van der Waals surface area (Å²) in [5, 5.41) is 0. The van der Waals surface area contributed by atoms with Crippen molar-refractivity contribution in [2.45, 2.75) is 26.4 Å². The molecule has 24 heavy (non-hydrogen) atoms. The Morgan fingerprint density at radius 2 is 2.25 bits per heavy atom. The van der Waals surface area contributed by atoms with Gasteiger partial charge in [0, 0.05) is 50.7 Å². The number of nitrogens with zero attached hydrogens (tertiary/aromatic N) is 3. The topological polar surface area (TPSA) is 49.6 Å². The van der Waals surface area contributed by atoms with Gasteiger partial charge >= 0.3 is 0 Å². The summed E-state index contributed by atoms with van der Waals surface area (Å²) in [7, 11) is 0. The summed E-state index contributed by atoms with van der Waals surface area (Å²) in [4.78, 5) is 21.7. The summed E-state index contributed by atoms with van der Waals surface area (Å²) in [5.41, 5.74) is 2.06. The van der Waals surface area contributed by atoms with Gasteiger partial charge in [0.1, 0.15) is 0 Å². The number of carbonyl (C=O) groups excluding carboxylic acids is 1. The predicted molar refractivity (Wildman–Crippen MR) is 89.9 cm³/mol. The lowest BCUT2D eigenvalue weighted by Gasteiger charge is -2.27. The Bertz CT molecular complexity index is 701. The smallest absolute Gasteiger partial charge is 0.230 e. The van der Waals surface area contributed by atoms with Crippen molar-refractivity contribution in [1.29, 1.82) is 0 Å². The van der Waals surface area contributed by atoms with Gasteiger partial charge in [-0.2, -0.15) is 0 Å². The van der Waals surface area contributed by atoms with Gasteiger partial charge in [0.05, 0.1) is 17.9 Å². The average Bonchev–Trinajstić information content (AvgIpc) is 3.27. The van der Waals surface area contributed by atoms with Gasteiger partial charge in [0.25, 0.3) is 0 Å². The van der Waals surface area contributed by atoms with Gasteiger partial charge < -0.3 is 9.32 Å². The SMILES string of the molecule is C[C@@H]1CN(Cc2ccoc2)C[C@]12CCN(Cc1cccnc1)C2=O. The Balaban J connectivity index is 1.46. The second kappa shape index (κ2) is 6.06. The number of likely N-dealkylation sites (tertiary alicyclic amines) is 2. The zero-order chi connectivity index (χ0) is 16.6. The van der Waals surface area contributed by atoms with Gasteiger partial charge in [0.2, 0.25) is 5.91 Å². The third-order valence-electron chi connectivity index (χ3n) is 5.60. The van der Waals surface area contributed by atoms with E-state index in [1.807, 2.05) is 29.3 Å². The molecule has 2 fully saturated rings. The van der Waals surface area contributed by atoms with Crippen LogP contribution in [0.1, 0.15) is 24.5 Å². The molecule has 5 nitrogen and oxygen atoms in total. The van der Waals surface area contributed by atoms with Gasteiger partial charge in [-0.25, -0.2) is 0 Å². The van der Waals surface area contributed by atoms with E-state index in [-0.39, 0.29) is 5.41 Å². The predicted octanol–water partition coefficient (Wildman–Crippen LogP) is 2.55. The Labute approximate surface area is 142 Å². The maximum Gasteiger partial charge on any atom is 0.230 e. The lowest BCUT2D eigenvalue weighted by atomic mass is 9.78. The molecule has 4 heterocycles. The fourth-order valence-corrected chi connectivity index (χ4v) is 4.27. The number of carbonyl (C=O) groups is 1. The molecule has 2 saturated heterocycles. The Hall–Kier alpha value is -2.14. The Kier molecular flexibility index (Phi) is 3.88. The molecule has 0 radical (unpaired) electrons. The van der Waals surface area contributed by atoms with Gasteiger partial charge in [-0.15, -0.1) is 0 Å². The molecular formula is C19H23N3O2. The standard InChI is InChI=1S/C19H23N3O2/c1-15-10-21(11-17-4-8-24-13-17)14-19(15)5-7-22(18(19)23)12-16-3-2-6-20-9-16/h2-4,6,8-9,13,15H,5,7,10-12,14H2,1H3/t15-,19-/m1/s1. The molecule has 4 rings (SSSR count). The Morgan fingerprint density at radius 1 is 1.33 bits per heavy atom. The molecule has 2 aliphatic heterocycles. The van der Waals surface area contributed by atoms with Crippen molar-refractivity contribution in [3.63, 3.8) is 0 Å². The van der Waals surface area contributed by atoms with Crippen LogP contribution in [0.25, 0.3) is 0 Å².